The molecule has 0 fully saturated rings. The summed E-state index contributed by atoms with van der Waals surface area (Å²) in [6, 6.07) is 14.1. The molecule has 0 saturated carbocycles. The number of pyridine rings is 1. The predicted molar refractivity (Wildman–Crippen MR) is 124 cm³/mol. The molecular weight excluding hydrogens is 388 g/mol. The number of hydrogen-bond donors (Lipinski definition) is 2. The van der Waals surface area contributed by atoms with Crippen molar-refractivity contribution in [1.29, 1.82) is 0 Å². The lowest BCUT2D eigenvalue weighted by atomic mass is 10.1. The van der Waals surface area contributed by atoms with Crippen LogP contribution in [0.5, 0.6) is 5.75 Å². The van der Waals surface area contributed by atoms with E-state index in [1.165, 1.54) is 5.56 Å². The van der Waals surface area contributed by atoms with Gasteiger partial charge in [-0.3, -0.25) is 0 Å². The highest BCUT2D eigenvalue weighted by molar-refractivity contribution is 5.46. The molecule has 162 valence electrons. The van der Waals surface area contributed by atoms with E-state index in [0.717, 1.165) is 54.3 Å². The molecule has 0 aliphatic heterocycles. The number of aliphatic hydroxyl groups is 1. The SMILES string of the molecule is COc1ccc(CNc2cccc(CCCCC(O)/C=C/c3cnc(C)nc3)n2)cc1. The predicted octanol–water partition coefficient (Wildman–Crippen LogP) is 4.59. The number of aliphatic hydroxyl groups excluding tert-OH is 1. The van der Waals surface area contributed by atoms with Gasteiger partial charge in [-0.2, -0.15) is 0 Å². The van der Waals surface area contributed by atoms with Gasteiger partial charge < -0.3 is 15.2 Å². The molecule has 1 unspecified atom stereocenters. The van der Waals surface area contributed by atoms with Crippen molar-refractivity contribution in [3.05, 3.63) is 83.6 Å². The zero-order valence-corrected chi connectivity index (χ0v) is 18.2. The van der Waals surface area contributed by atoms with Crippen molar-refractivity contribution >= 4 is 11.9 Å². The summed E-state index contributed by atoms with van der Waals surface area (Å²) in [5, 5.41) is 13.5. The second kappa shape index (κ2) is 11.8. The minimum absolute atomic E-state index is 0.466. The molecule has 0 saturated heterocycles. The number of benzene rings is 1. The third kappa shape index (κ3) is 7.83. The maximum absolute atomic E-state index is 10.2. The highest BCUT2D eigenvalue weighted by atomic mass is 16.5. The maximum atomic E-state index is 10.2. The van der Waals surface area contributed by atoms with Gasteiger partial charge in [-0.15, -0.1) is 0 Å². The van der Waals surface area contributed by atoms with Gasteiger partial charge in [0.2, 0.25) is 0 Å². The van der Waals surface area contributed by atoms with E-state index < -0.39 is 6.10 Å². The fourth-order valence-electron chi connectivity index (χ4n) is 3.12. The Bertz CT molecular complexity index is 956. The Kier molecular flexibility index (Phi) is 8.55. The molecule has 6 nitrogen and oxygen atoms in total. The summed E-state index contributed by atoms with van der Waals surface area (Å²) in [6.07, 6.45) is 10.2. The lowest BCUT2D eigenvalue weighted by Crippen LogP contribution is -2.04. The van der Waals surface area contributed by atoms with Crippen LogP contribution < -0.4 is 10.1 Å². The van der Waals surface area contributed by atoms with Gasteiger partial charge >= 0.3 is 0 Å². The summed E-state index contributed by atoms with van der Waals surface area (Å²) in [5.41, 5.74) is 3.13. The molecule has 6 heteroatoms. The second-order valence-electron chi connectivity index (χ2n) is 7.45. The third-order valence-corrected chi connectivity index (χ3v) is 4.93. The van der Waals surface area contributed by atoms with Gasteiger partial charge in [0.1, 0.15) is 17.4 Å². The minimum Gasteiger partial charge on any atom is -0.497 e. The van der Waals surface area contributed by atoms with E-state index in [2.05, 4.69) is 15.3 Å². The van der Waals surface area contributed by atoms with E-state index in [-0.39, 0.29) is 0 Å². The minimum atomic E-state index is -0.466. The number of anilines is 1. The summed E-state index contributed by atoms with van der Waals surface area (Å²) in [6.45, 7) is 2.56. The van der Waals surface area contributed by atoms with Crippen molar-refractivity contribution in [2.24, 2.45) is 0 Å². The van der Waals surface area contributed by atoms with Gasteiger partial charge in [0.15, 0.2) is 0 Å². The summed E-state index contributed by atoms with van der Waals surface area (Å²) in [5.74, 6) is 2.47. The molecule has 1 aromatic carbocycles. The molecule has 0 radical (unpaired) electrons. The van der Waals surface area contributed by atoms with Crippen molar-refractivity contribution in [3.63, 3.8) is 0 Å². The molecular formula is C25H30N4O2. The van der Waals surface area contributed by atoms with Crippen LogP contribution in [0.2, 0.25) is 0 Å². The van der Waals surface area contributed by atoms with E-state index in [0.29, 0.717) is 6.54 Å². The summed E-state index contributed by atoms with van der Waals surface area (Å²) < 4.78 is 5.19. The molecule has 31 heavy (non-hydrogen) atoms. The number of methoxy groups -OCH3 is 1. The molecule has 0 aliphatic rings. The normalized spacial score (nSPS) is 12.1. The van der Waals surface area contributed by atoms with Crippen LogP contribution in [0, 0.1) is 6.92 Å². The first kappa shape index (κ1) is 22.4. The van der Waals surface area contributed by atoms with Crippen LogP contribution in [-0.2, 0) is 13.0 Å². The fourth-order valence-corrected chi connectivity index (χ4v) is 3.12. The number of nitrogens with one attached hydrogen (secondary N) is 1. The molecule has 2 N–H and O–H groups in total. The van der Waals surface area contributed by atoms with Crippen molar-refractivity contribution in [2.75, 3.05) is 12.4 Å². The molecule has 3 rings (SSSR count). The Hall–Kier alpha value is -3.25. The van der Waals surface area contributed by atoms with Crippen molar-refractivity contribution in [1.82, 2.24) is 15.0 Å². The Morgan fingerprint density at radius 2 is 1.84 bits per heavy atom. The van der Waals surface area contributed by atoms with Gasteiger partial charge in [0.05, 0.1) is 13.2 Å². The first-order chi connectivity index (χ1) is 15.1. The zero-order valence-electron chi connectivity index (χ0n) is 18.2. The highest BCUT2D eigenvalue weighted by Crippen LogP contribution is 2.14. The van der Waals surface area contributed by atoms with E-state index in [4.69, 9.17) is 9.72 Å². The van der Waals surface area contributed by atoms with Gasteiger partial charge in [0, 0.05) is 30.2 Å². The molecule has 0 amide bonds. The van der Waals surface area contributed by atoms with Gasteiger partial charge in [0.25, 0.3) is 0 Å². The number of unbranched alkanes of at least 4 members (excludes halogenated alkanes) is 1. The molecule has 2 aromatic heterocycles. The van der Waals surface area contributed by atoms with Gasteiger partial charge in [-0.05, 0) is 56.0 Å². The van der Waals surface area contributed by atoms with Crippen LogP contribution >= 0.6 is 0 Å². The maximum Gasteiger partial charge on any atom is 0.126 e. The standard InChI is InChI=1S/C25H30N4O2/c1-19-26-17-21(18-27-19)10-13-23(30)8-4-3-6-22-7-5-9-25(29-22)28-16-20-11-14-24(31-2)15-12-20/h5,7,9-15,17-18,23,30H,3-4,6,8,16H2,1-2H3,(H,28,29)/b13-10+. The van der Waals surface area contributed by atoms with E-state index >= 15 is 0 Å². The van der Waals surface area contributed by atoms with Crippen molar-refractivity contribution in [3.8, 4) is 5.75 Å². The summed E-state index contributed by atoms with van der Waals surface area (Å²) in [4.78, 5) is 13.0. The van der Waals surface area contributed by atoms with E-state index in [9.17, 15) is 5.11 Å². The lowest BCUT2D eigenvalue weighted by molar-refractivity contribution is 0.209. The van der Waals surface area contributed by atoms with Crippen LogP contribution in [0.4, 0.5) is 5.82 Å². The Morgan fingerprint density at radius 1 is 1.06 bits per heavy atom. The van der Waals surface area contributed by atoms with Gasteiger partial charge in [-0.25, -0.2) is 15.0 Å². The first-order valence-electron chi connectivity index (χ1n) is 10.6. The number of ether oxygens (including phenoxy) is 1. The molecule has 3 aromatic rings. The van der Waals surface area contributed by atoms with Gasteiger partial charge in [-0.1, -0.05) is 36.8 Å². The third-order valence-electron chi connectivity index (χ3n) is 4.93. The molecule has 0 bridgehead atoms. The summed E-state index contributed by atoms with van der Waals surface area (Å²) >= 11 is 0. The molecule has 1 atom stereocenters. The first-order valence-corrected chi connectivity index (χ1v) is 10.6. The molecule has 0 spiro atoms. The smallest absolute Gasteiger partial charge is 0.126 e. The number of hydrogen-bond acceptors (Lipinski definition) is 6. The molecule has 0 aliphatic carbocycles. The number of aryl methyl sites for hydroxylation is 2. The van der Waals surface area contributed by atoms with Crippen LogP contribution in [-0.4, -0.2) is 33.3 Å². The van der Waals surface area contributed by atoms with E-state index in [1.807, 2.05) is 55.5 Å². The topological polar surface area (TPSA) is 80.2 Å². The quantitative estimate of drug-likeness (QED) is 0.444. The van der Waals surface area contributed by atoms with Crippen LogP contribution in [0.1, 0.15) is 41.9 Å². The van der Waals surface area contributed by atoms with Crippen molar-refractivity contribution in [2.45, 2.75) is 45.3 Å². The lowest BCUT2D eigenvalue weighted by Gasteiger charge is -2.09. The fraction of sp³-hybridized carbons (Fsp3) is 0.320. The highest BCUT2D eigenvalue weighted by Gasteiger charge is 2.03. The summed E-state index contributed by atoms with van der Waals surface area (Å²) in [7, 11) is 1.67. The average Bonchev–Trinajstić information content (AvgIpc) is 2.81. The van der Waals surface area contributed by atoms with Crippen LogP contribution in [0.15, 0.2) is 60.9 Å². The van der Waals surface area contributed by atoms with Crippen LogP contribution in [0.25, 0.3) is 6.08 Å². The Morgan fingerprint density at radius 3 is 2.58 bits per heavy atom. The number of nitrogens with zero attached hydrogens (tertiary/aromatic N) is 3. The van der Waals surface area contributed by atoms with E-state index in [1.54, 1.807) is 25.6 Å². The second-order valence-corrected chi connectivity index (χ2v) is 7.45. The van der Waals surface area contributed by atoms with Crippen molar-refractivity contribution < 1.29 is 9.84 Å². The Balaban J connectivity index is 1.38. The molecule has 2 heterocycles. The monoisotopic (exact) mass is 418 g/mol. The largest absolute Gasteiger partial charge is 0.497 e. The van der Waals surface area contributed by atoms with Crippen LogP contribution in [0.3, 0.4) is 0 Å². The number of aromatic nitrogens is 3. The number of rotatable bonds is 11. The Labute approximate surface area is 184 Å². The average molecular weight is 419 g/mol. The zero-order chi connectivity index (χ0) is 21.9.